The Labute approximate surface area is 171 Å². The quantitative estimate of drug-likeness (QED) is 0.602. The van der Waals surface area contributed by atoms with Crippen LogP contribution >= 0.6 is 0 Å². The van der Waals surface area contributed by atoms with Gasteiger partial charge in [0.2, 0.25) is 10.0 Å². The largest absolute Gasteiger partial charge is 0.378 e. The van der Waals surface area contributed by atoms with E-state index in [0.29, 0.717) is 0 Å². The van der Waals surface area contributed by atoms with Crippen molar-refractivity contribution in [1.82, 2.24) is 0 Å². The molecule has 2 aromatic carbocycles. The molecule has 0 radical (unpaired) electrons. The van der Waals surface area contributed by atoms with Gasteiger partial charge in [0.25, 0.3) is 5.91 Å². The fourth-order valence-corrected chi connectivity index (χ4v) is 3.69. The molecule has 5 N–H and O–H groups in total. The van der Waals surface area contributed by atoms with Crippen molar-refractivity contribution in [3.05, 3.63) is 54.1 Å². The van der Waals surface area contributed by atoms with Gasteiger partial charge in [-0.15, -0.1) is 0 Å². The summed E-state index contributed by atoms with van der Waals surface area (Å²) in [6, 6.07) is 14.2. The smallest absolute Gasteiger partial charge is 0.279 e. The molecule has 0 aliphatic carbocycles. The first kappa shape index (κ1) is 21.3. The Balaban J connectivity index is 1.49. The molecule has 1 heterocycles. The monoisotopic (exact) mass is 419 g/mol. The van der Waals surface area contributed by atoms with E-state index in [1.807, 2.05) is 36.5 Å². The zero-order chi connectivity index (χ0) is 20.9. The number of hydrogen-bond acceptors (Lipinski definition) is 5. The Morgan fingerprint density at radius 2 is 1.76 bits per heavy atom. The summed E-state index contributed by atoms with van der Waals surface area (Å²) in [6.45, 7) is 5.42. The Bertz CT molecular complexity index is 924. The molecule has 1 aliphatic heterocycles. The van der Waals surface area contributed by atoms with Gasteiger partial charge in [0.15, 0.2) is 6.54 Å². The molecule has 2 aromatic rings. The van der Waals surface area contributed by atoms with E-state index in [2.05, 4.69) is 10.2 Å². The van der Waals surface area contributed by atoms with Gasteiger partial charge in [-0.1, -0.05) is 12.1 Å². The van der Waals surface area contributed by atoms with Gasteiger partial charge in [-0.3, -0.25) is 4.79 Å². The number of ether oxygens (including phenoxy) is 1. The number of rotatable bonds is 7. The maximum Gasteiger partial charge on any atom is 0.279 e. The zero-order valence-corrected chi connectivity index (χ0v) is 17.2. The maximum atomic E-state index is 12.3. The van der Waals surface area contributed by atoms with Crippen molar-refractivity contribution in [2.24, 2.45) is 5.14 Å². The number of nitrogens with one attached hydrogen (secondary N) is 1. The van der Waals surface area contributed by atoms with E-state index in [9.17, 15) is 13.2 Å². The minimum Gasteiger partial charge on any atom is -0.378 e. The Morgan fingerprint density at radius 3 is 2.34 bits per heavy atom. The van der Waals surface area contributed by atoms with Gasteiger partial charge in [0, 0.05) is 30.0 Å². The molecule has 29 heavy (non-hydrogen) atoms. The van der Waals surface area contributed by atoms with E-state index < -0.39 is 10.0 Å². The minimum atomic E-state index is -3.70. The minimum absolute atomic E-state index is 0.000949. The molecule has 9 heteroatoms. The molecule has 1 aliphatic rings. The lowest BCUT2D eigenvalue weighted by Gasteiger charge is -2.28. The second-order valence-electron chi connectivity index (χ2n) is 7.04. The lowest BCUT2D eigenvalue weighted by atomic mass is 10.1. The van der Waals surface area contributed by atoms with E-state index in [1.165, 1.54) is 12.1 Å². The number of carbonyl (C=O) groups excluding carboxylic acids is 1. The number of primary sulfonamides is 1. The number of carbonyl (C=O) groups is 1. The third kappa shape index (κ3) is 6.01. The lowest BCUT2D eigenvalue weighted by molar-refractivity contribution is -0.682. The summed E-state index contributed by atoms with van der Waals surface area (Å²) >= 11 is 0. The summed E-state index contributed by atoms with van der Waals surface area (Å²) in [4.78, 5) is 14.6. The Morgan fingerprint density at radius 1 is 1.14 bits per heavy atom. The third-order valence-corrected chi connectivity index (χ3v) is 5.85. The first-order chi connectivity index (χ1) is 13.8. The summed E-state index contributed by atoms with van der Waals surface area (Å²) < 4.78 is 28.0. The first-order valence-corrected chi connectivity index (χ1v) is 11.1. The molecule has 3 rings (SSSR count). The van der Waals surface area contributed by atoms with Gasteiger partial charge in [0.1, 0.15) is 6.04 Å². The van der Waals surface area contributed by atoms with Crippen LogP contribution in [0.4, 0.5) is 11.4 Å². The number of benzene rings is 2. The summed E-state index contributed by atoms with van der Waals surface area (Å²) in [5.41, 5.74) is 2.79. The van der Waals surface area contributed by atoms with Crippen molar-refractivity contribution >= 4 is 27.3 Å². The predicted octanol–water partition coefficient (Wildman–Crippen LogP) is 0.434. The fraction of sp³-hybridized carbons (Fsp3) is 0.350. The number of nitrogens with two attached hydrogens (primary N) is 2. The second-order valence-corrected chi connectivity index (χ2v) is 8.60. The average molecular weight is 420 g/mol. The number of quaternary nitrogens is 1. The molecule has 1 fully saturated rings. The highest BCUT2D eigenvalue weighted by molar-refractivity contribution is 7.89. The average Bonchev–Trinajstić information content (AvgIpc) is 2.73. The summed E-state index contributed by atoms with van der Waals surface area (Å²) in [6.07, 6.45) is 0. The van der Waals surface area contributed by atoms with E-state index >= 15 is 0 Å². The van der Waals surface area contributed by atoms with Gasteiger partial charge in [-0.05, 0) is 43.3 Å². The number of anilines is 2. The highest BCUT2D eigenvalue weighted by atomic mass is 32.2. The molecule has 0 aromatic heterocycles. The van der Waals surface area contributed by atoms with Crippen molar-refractivity contribution in [2.75, 3.05) is 43.1 Å². The molecular formula is C20H27N4O4S+. The molecular weight excluding hydrogens is 392 g/mol. The molecule has 0 spiro atoms. The van der Waals surface area contributed by atoms with Gasteiger partial charge >= 0.3 is 0 Å². The molecule has 0 saturated carbocycles. The summed E-state index contributed by atoms with van der Waals surface area (Å²) in [7, 11) is -3.70. The lowest BCUT2D eigenvalue weighted by Crippen LogP contribution is -2.86. The highest BCUT2D eigenvalue weighted by Gasteiger charge is 2.14. The Hall–Kier alpha value is -2.46. The van der Waals surface area contributed by atoms with Crippen molar-refractivity contribution in [1.29, 1.82) is 0 Å². The van der Waals surface area contributed by atoms with Crippen molar-refractivity contribution in [2.45, 2.75) is 17.9 Å². The SMILES string of the molecule is C[C@@H]([NH2+]CC(=O)Nc1ccc(N2CCOCC2)cc1)c1ccc(S(N)(=O)=O)cc1. The molecule has 156 valence electrons. The summed E-state index contributed by atoms with van der Waals surface area (Å²) in [5, 5.41) is 9.90. The third-order valence-electron chi connectivity index (χ3n) is 4.92. The number of hydrogen-bond donors (Lipinski definition) is 3. The fourth-order valence-electron chi connectivity index (χ4n) is 3.17. The molecule has 1 amide bonds. The second kappa shape index (κ2) is 9.36. The van der Waals surface area contributed by atoms with E-state index in [-0.39, 0.29) is 23.4 Å². The van der Waals surface area contributed by atoms with Crippen LogP contribution in [0.3, 0.4) is 0 Å². The van der Waals surface area contributed by atoms with E-state index in [0.717, 1.165) is 43.2 Å². The number of nitrogens with zero attached hydrogens (tertiary/aromatic N) is 1. The van der Waals surface area contributed by atoms with Crippen LogP contribution in [0, 0.1) is 0 Å². The number of amides is 1. The van der Waals surface area contributed by atoms with Crippen LogP contribution in [0.15, 0.2) is 53.4 Å². The van der Waals surface area contributed by atoms with Gasteiger partial charge in [-0.25, -0.2) is 13.6 Å². The van der Waals surface area contributed by atoms with Gasteiger partial charge in [0.05, 0.1) is 18.1 Å². The molecule has 8 nitrogen and oxygen atoms in total. The summed E-state index contributed by atoms with van der Waals surface area (Å²) in [5.74, 6) is -0.0999. The van der Waals surface area contributed by atoms with E-state index in [4.69, 9.17) is 9.88 Å². The predicted molar refractivity (Wildman–Crippen MR) is 111 cm³/mol. The van der Waals surface area contributed by atoms with Crippen LogP contribution in [0.1, 0.15) is 18.5 Å². The molecule has 1 saturated heterocycles. The van der Waals surface area contributed by atoms with Crippen LogP contribution in [0.25, 0.3) is 0 Å². The normalized spacial score (nSPS) is 15.7. The van der Waals surface area contributed by atoms with Crippen LogP contribution in [0.2, 0.25) is 0 Å². The van der Waals surface area contributed by atoms with Gasteiger partial charge in [-0.2, -0.15) is 0 Å². The Kier molecular flexibility index (Phi) is 6.86. The first-order valence-electron chi connectivity index (χ1n) is 9.51. The van der Waals surface area contributed by atoms with E-state index in [1.54, 1.807) is 12.1 Å². The molecule has 0 unspecified atom stereocenters. The van der Waals surface area contributed by atoms with Crippen molar-refractivity contribution < 1.29 is 23.3 Å². The van der Waals surface area contributed by atoms with Crippen LogP contribution < -0.4 is 20.7 Å². The molecule has 1 atom stereocenters. The standard InChI is InChI=1S/C20H26N4O4S/c1-15(16-2-8-19(9-3-16)29(21,26)27)22-14-20(25)23-17-4-6-18(7-5-17)24-10-12-28-13-11-24/h2-9,15,22H,10-14H2,1H3,(H,23,25)(H2,21,26,27)/p+1/t15-/m1/s1. The van der Waals surface area contributed by atoms with Crippen LogP contribution in [-0.2, 0) is 19.6 Å². The highest BCUT2D eigenvalue weighted by Crippen LogP contribution is 2.19. The van der Waals surface area contributed by atoms with Crippen LogP contribution in [-0.4, -0.2) is 47.2 Å². The molecule has 0 bridgehead atoms. The topological polar surface area (TPSA) is 118 Å². The van der Waals surface area contributed by atoms with Crippen molar-refractivity contribution in [3.8, 4) is 0 Å². The van der Waals surface area contributed by atoms with Gasteiger partial charge < -0.3 is 20.3 Å². The van der Waals surface area contributed by atoms with Crippen LogP contribution in [0.5, 0.6) is 0 Å². The number of morpholine rings is 1. The number of sulfonamides is 1. The maximum absolute atomic E-state index is 12.3. The van der Waals surface area contributed by atoms with Crippen molar-refractivity contribution in [3.63, 3.8) is 0 Å². The zero-order valence-electron chi connectivity index (χ0n) is 16.4.